The van der Waals surface area contributed by atoms with Crippen LogP contribution in [0.2, 0.25) is 0 Å². The van der Waals surface area contributed by atoms with Gasteiger partial charge in [0.05, 0.1) is 12.6 Å². The number of hydrogen-bond acceptors (Lipinski definition) is 3. The molecule has 0 saturated heterocycles. The van der Waals surface area contributed by atoms with Crippen molar-refractivity contribution in [2.24, 2.45) is 0 Å². The molecule has 0 bridgehead atoms. The molecule has 1 atom stereocenters. The smallest absolute Gasteiger partial charge is 0.238 e. The summed E-state index contributed by atoms with van der Waals surface area (Å²) in [5.74, 6) is -0.0318. The largest absolute Gasteiger partial charge is 0.380 e. The van der Waals surface area contributed by atoms with Crippen molar-refractivity contribution in [3.8, 4) is 0 Å². The number of para-hydroxylation sites is 1. The van der Waals surface area contributed by atoms with Crippen molar-refractivity contribution in [1.82, 2.24) is 5.32 Å². The first-order valence-electron chi connectivity index (χ1n) is 6.14. The lowest BCUT2D eigenvalue weighted by molar-refractivity contribution is -0.115. The summed E-state index contributed by atoms with van der Waals surface area (Å²) < 4.78 is 5.09. The average molecular weight is 287 g/mol. The van der Waals surface area contributed by atoms with E-state index in [1.807, 2.05) is 39.0 Å². The van der Waals surface area contributed by atoms with Crippen molar-refractivity contribution < 1.29 is 9.53 Å². The van der Waals surface area contributed by atoms with E-state index < -0.39 is 0 Å². The number of anilines is 1. The van der Waals surface area contributed by atoms with E-state index in [0.717, 1.165) is 16.8 Å². The summed E-state index contributed by atoms with van der Waals surface area (Å²) in [7, 11) is 1.66. The summed E-state index contributed by atoms with van der Waals surface area (Å²) >= 11 is 0. The maximum atomic E-state index is 11.8. The molecule has 1 rings (SSSR count). The highest BCUT2D eigenvalue weighted by Crippen LogP contribution is 2.18. The van der Waals surface area contributed by atoms with Gasteiger partial charge in [-0.3, -0.25) is 4.79 Å². The molecule has 1 aromatic rings. The molecule has 0 aliphatic rings. The van der Waals surface area contributed by atoms with Crippen LogP contribution in [0.3, 0.4) is 0 Å². The number of methoxy groups -OCH3 is 1. The number of amides is 1. The summed E-state index contributed by atoms with van der Waals surface area (Å²) in [4.78, 5) is 11.8. The van der Waals surface area contributed by atoms with Crippen molar-refractivity contribution in [3.63, 3.8) is 0 Å². The fraction of sp³-hybridized carbons (Fsp3) is 0.500. The van der Waals surface area contributed by atoms with Gasteiger partial charge in [0.2, 0.25) is 5.91 Å². The number of nitrogens with one attached hydrogen (secondary N) is 2. The van der Waals surface area contributed by atoms with E-state index in [2.05, 4.69) is 10.6 Å². The Kier molecular flexibility index (Phi) is 8.39. The van der Waals surface area contributed by atoms with Gasteiger partial charge in [0.15, 0.2) is 0 Å². The molecule has 5 heteroatoms. The average Bonchev–Trinajstić information content (AvgIpc) is 2.34. The minimum Gasteiger partial charge on any atom is -0.380 e. The molecule has 0 fully saturated rings. The highest BCUT2D eigenvalue weighted by Gasteiger charge is 2.07. The quantitative estimate of drug-likeness (QED) is 0.844. The minimum atomic E-state index is -0.0318. The number of carbonyl (C=O) groups excluding carboxylic acids is 1. The first-order chi connectivity index (χ1) is 8.54. The Bertz CT molecular complexity index is 390. The van der Waals surface area contributed by atoms with Crippen molar-refractivity contribution >= 4 is 24.0 Å². The lowest BCUT2D eigenvalue weighted by Crippen LogP contribution is -2.33. The number of halogens is 1. The molecule has 19 heavy (non-hydrogen) atoms. The second-order valence-electron chi connectivity index (χ2n) is 4.49. The maximum absolute atomic E-state index is 11.8. The number of hydrogen-bond donors (Lipinski definition) is 2. The zero-order valence-electron chi connectivity index (χ0n) is 11.9. The van der Waals surface area contributed by atoms with Crippen LogP contribution in [-0.4, -0.2) is 32.2 Å². The van der Waals surface area contributed by atoms with E-state index in [4.69, 9.17) is 4.74 Å². The molecule has 0 aliphatic heterocycles. The van der Waals surface area contributed by atoms with Crippen LogP contribution in [0, 0.1) is 13.8 Å². The number of ether oxygens (including phenoxy) is 1. The van der Waals surface area contributed by atoms with E-state index in [9.17, 15) is 4.79 Å². The first-order valence-corrected chi connectivity index (χ1v) is 6.14. The van der Waals surface area contributed by atoms with Crippen molar-refractivity contribution in [3.05, 3.63) is 29.3 Å². The molecule has 1 amide bonds. The van der Waals surface area contributed by atoms with Crippen LogP contribution in [-0.2, 0) is 9.53 Å². The van der Waals surface area contributed by atoms with Crippen LogP contribution in [0.5, 0.6) is 0 Å². The molecule has 108 valence electrons. The van der Waals surface area contributed by atoms with E-state index in [1.165, 1.54) is 0 Å². The number of aryl methyl sites for hydroxylation is 2. The van der Waals surface area contributed by atoms with Gasteiger partial charge in [-0.15, -0.1) is 12.4 Å². The van der Waals surface area contributed by atoms with Crippen LogP contribution in [0.15, 0.2) is 18.2 Å². The Morgan fingerprint density at radius 1 is 1.32 bits per heavy atom. The Labute approximate surface area is 121 Å². The Morgan fingerprint density at radius 2 is 1.89 bits per heavy atom. The summed E-state index contributed by atoms with van der Waals surface area (Å²) in [5, 5.41) is 5.99. The van der Waals surface area contributed by atoms with Gasteiger partial charge in [0.1, 0.15) is 0 Å². The van der Waals surface area contributed by atoms with Crippen molar-refractivity contribution in [2.45, 2.75) is 26.9 Å². The summed E-state index contributed by atoms with van der Waals surface area (Å²) in [6.45, 7) is 6.89. The highest BCUT2D eigenvalue weighted by atomic mass is 35.5. The predicted molar refractivity (Wildman–Crippen MR) is 81.1 cm³/mol. The van der Waals surface area contributed by atoms with Crippen LogP contribution in [0.25, 0.3) is 0 Å². The molecule has 0 aromatic heterocycles. The molecular formula is C14H23ClN2O2. The molecule has 0 radical (unpaired) electrons. The zero-order chi connectivity index (χ0) is 13.5. The molecule has 0 saturated carbocycles. The van der Waals surface area contributed by atoms with E-state index in [0.29, 0.717) is 13.1 Å². The molecule has 0 heterocycles. The monoisotopic (exact) mass is 286 g/mol. The van der Waals surface area contributed by atoms with Gasteiger partial charge in [-0.2, -0.15) is 0 Å². The zero-order valence-corrected chi connectivity index (χ0v) is 12.8. The third kappa shape index (κ3) is 6.05. The second kappa shape index (κ2) is 8.91. The van der Waals surface area contributed by atoms with E-state index in [-0.39, 0.29) is 24.4 Å². The topological polar surface area (TPSA) is 50.4 Å². The SMILES string of the molecule is COC(C)CNCC(=O)Nc1c(C)cccc1C.Cl. The standard InChI is InChI=1S/C14H22N2O2.ClH/c1-10-6-5-7-11(2)14(10)16-13(17)9-15-8-12(3)18-4;/h5-7,12,15H,8-9H2,1-4H3,(H,16,17);1H. The van der Waals surface area contributed by atoms with Gasteiger partial charge in [0.25, 0.3) is 0 Å². The predicted octanol–water partition coefficient (Wildman–Crippen LogP) is 2.29. The van der Waals surface area contributed by atoms with Gasteiger partial charge < -0.3 is 15.4 Å². The van der Waals surface area contributed by atoms with Gasteiger partial charge in [0, 0.05) is 19.3 Å². The lowest BCUT2D eigenvalue weighted by Gasteiger charge is -2.13. The Morgan fingerprint density at radius 3 is 2.42 bits per heavy atom. The van der Waals surface area contributed by atoms with Gasteiger partial charge in [-0.05, 0) is 31.9 Å². The van der Waals surface area contributed by atoms with Crippen LogP contribution >= 0.6 is 12.4 Å². The Hall–Kier alpha value is -1.10. The first kappa shape index (κ1) is 17.9. The molecule has 4 nitrogen and oxygen atoms in total. The van der Waals surface area contributed by atoms with Crippen molar-refractivity contribution in [1.29, 1.82) is 0 Å². The minimum absolute atomic E-state index is 0. The fourth-order valence-corrected chi connectivity index (χ4v) is 1.67. The number of rotatable bonds is 6. The summed E-state index contributed by atoms with van der Waals surface area (Å²) in [6.07, 6.45) is 0.109. The third-order valence-electron chi connectivity index (χ3n) is 2.87. The number of benzene rings is 1. The molecular weight excluding hydrogens is 264 g/mol. The van der Waals surface area contributed by atoms with Crippen LogP contribution in [0.1, 0.15) is 18.1 Å². The molecule has 0 aliphatic carbocycles. The van der Waals surface area contributed by atoms with Gasteiger partial charge >= 0.3 is 0 Å². The molecule has 1 unspecified atom stereocenters. The van der Waals surface area contributed by atoms with Crippen LogP contribution in [0.4, 0.5) is 5.69 Å². The summed E-state index contributed by atoms with van der Waals surface area (Å²) in [5.41, 5.74) is 3.06. The Balaban J connectivity index is 0.00000324. The van der Waals surface area contributed by atoms with Crippen molar-refractivity contribution in [2.75, 3.05) is 25.5 Å². The third-order valence-corrected chi connectivity index (χ3v) is 2.87. The normalized spacial score (nSPS) is 11.6. The summed E-state index contributed by atoms with van der Waals surface area (Å²) in [6, 6.07) is 5.96. The van der Waals surface area contributed by atoms with Gasteiger partial charge in [-0.25, -0.2) is 0 Å². The van der Waals surface area contributed by atoms with E-state index in [1.54, 1.807) is 7.11 Å². The van der Waals surface area contributed by atoms with Crippen LogP contribution < -0.4 is 10.6 Å². The number of carbonyl (C=O) groups is 1. The lowest BCUT2D eigenvalue weighted by atomic mass is 10.1. The second-order valence-corrected chi connectivity index (χ2v) is 4.49. The van der Waals surface area contributed by atoms with E-state index >= 15 is 0 Å². The molecule has 0 spiro atoms. The molecule has 2 N–H and O–H groups in total. The fourth-order valence-electron chi connectivity index (χ4n) is 1.67. The maximum Gasteiger partial charge on any atom is 0.238 e. The highest BCUT2D eigenvalue weighted by molar-refractivity contribution is 5.93. The van der Waals surface area contributed by atoms with Gasteiger partial charge in [-0.1, -0.05) is 18.2 Å². The molecule has 1 aromatic carbocycles.